The van der Waals surface area contributed by atoms with Gasteiger partial charge in [0.2, 0.25) is 0 Å². The number of methoxy groups -OCH3 is 1. The molecule has 0 radical (unpaired) electrons. The second-order valence-electron chi connectivity index (χ2n) is 5.87. The van der Waals surface area contributed by atoms with Crippen LogP contribution in [-0.4, -0.2) is 23.0 Å². The normalized spacial score (nSPS) is 11.4. The van der Waals surface area contributed by atoms with E-state index in [9.17, 15) is 9.59 Å². The van der Waals surface area contributed by atoms with Crippen molar-refractivity contribution in [3.8, 4) is 0 Å². The number of thiophene rings is 1. The maximum atomic E-state index is 12.4. The Morgan fingerprint density at radius 3 is 2.68 bits per heavy atom. The van der Waals surface area contributed by atoms with Gasteiger partial charge in [-0.2, -0.15) is 0 Å². The molecule has 1 aromatic carbocycles. The van der Waals surface area contributed by atoms with Crippen LogP contribution in [0, 0.1) is 20.8 Å². The molecule has 3 rings (SSSR count). The lowest BCUT2D eigenvalue weighted by molar-refractivity contribution is 0.0605. The van der Waals surface area contributed by atoms with Crippen molar-refractivity contribution in [2.75, 3.05) is 7.11 Å². The first kappa shape index (κ1) is 17.1. The Balaban J connectivity index is 2.05. The predicted molar refractivity (Wildman–Crippen MR) is 101 cm³/mol. The fourth-order valence-corrected chi connectivity index (χ4v) is 3.82. The quantitative estimate of drug-likeness (QED) is 0.725. The molecule has 0 atom stereocenters. The minimum atomic E-state index is -0.452. The summed E-state index contributed by atoms with van der Waals surface area (Å²) in [5, 5.41) is 0.439. The van der Waals surface area contributed by atoms with Crippen LogP contribution >= 0.6 is 11.3 Å². The summed E-state index contributed by atoms with van der Waals surface area (Å²) < 4.78 is 4.76. The Hall–Kier alpha value is -2.73. The first-order valence-electron chi connectivity index (χ1n) is 7.77. The zero-order valence-corrected chi connectivity index (χ0v) is 15.3. The minimum absolute atomic E-state index is 0.255. The highest BCUT2D eigenvalue weighted by molar-refractivity contribution is 7.20. The first-order chi connectivity index (χ1) is 11.9. The van der Waals surface area contributed by atoms with Gasteiger partial charge in [0.05, 0.1) is 12.5 Å². The standard InChI is InChI=1S/C19H18N2O3S/c1-10-5-6-13(11(2)9-10)7-8-14-20-17(22)15-12(3)16(19(23)24-4)25-18(15)21-14/h5-9H,1-4H3,(H,20,21,22)/b8-7+. The molecule has 6 heteroatoms. The number of fused-ring (bicyclic) bond motifs is 1. The average Bonchev–Trinajstić information content (AvgIpc) is 2.90. The number of carbonyl (C=O) groups is 1. The zero-order valence-electron chi connectivity index (χ0n) is 14.5. The van der Waals surface area contributed by atoms with E-state index < -0.39 is 5.97 Å². The Morgan fingerprint density at radius 2 is 2.00 bits per heavy atom. The van der Waals surface area contributed by atoms with E-state index in [-0.39, 0.29) is 5.56 Å². The van der Waals surface area contributed by atoms with Crippen molar-refractivity contribution < 1.29 is 9.53 Å². The fourth-order valence-electron chi connectivity index (χ4n) is 2.71. The highest BCUT2D eigenvalue weighted by Gasteiger charge is 2.19. The van der Waals surface area contributed by atoms with Crippen LogP contribution in [0.4, 0.5) is 0 Å². The van der Waals surface area contributed by atoms with Gasteiger partial charge in [0.25, 0.3) is 5.56 Å². The van der Waals surface area contributed by atoms with Gasteiger partial charge in [0.15, 0.2) is 0 Å². The lowest BCUT2D eigenvalue weighted by Crippen LogP contribution is -2.09. The number of hydrogen-bond donors (Lipinski definition) is 1. The van der Waals surface area contributed by atoms with E-state index in [1.807, 2.05) is 32.1 Å². The van der Waals surface area contributed by atoms with Crippen molar-refractivity contribution in [1.82, 2.24) is 9.97 Å². The summed E-state index contributed by atoms with van der Waals surface area (Å²) in [4.78, 5) is 32.4. The Labute approximate surface area is 149 Å². The molecule has 25 heavy (non-hydrogen) atoms. The van der Waals surface area contributed by atoms with Crippen molar-refractivity contribution in [2.45, 2.75) is 20.8 Å². The number of aryl methyl sites for hydroxylation is 3. The number of carbonyl (C=O) groups excluding carboxylic acids is 1. The number of hydrogen-bond acceptors (Lipinski definition) is 5. The smallest absolute Gasteiger partial charge is 0.348 e. The summed E-state index contributed by atoms with van der Waals surface area (Å²) in [5.41, 5.74) is 3.76. The fraction of sp³-hybridized carbons (Fsp3) is 0.211. The highest BCUT2D eigenvalue weighted by Crippen LogP contribution is 2.27. The monoisotopic (exact) mass is 354 g/mol. The molecule has 0 saturated heterocycles. The number of benzene rings is 1. The van der Waals surface area contributed by atoms with Crippen molar-refractivity contribution >= 4 is 39.7 Å². The number of ether oxygens (including phenoxy) is 1. The van der Waals surface area contributed by atoms with E-state index in [2.05, 4.69) is 16.0 Å². The van der Waals surface area contributed by atoms with Gasteiger partial charge in [-0.1, -0.05) is 29.8 Å². The molecule has 0 aliphatic heterocycles. The third kappa shape index (κ3) is 3.25. The van der Waals surface area contributed by atoms with E-state index in [4.69, 9.17) is 4.74 Å². The maximum Gasteiger partial charge on any atom is 0.348 e. The Bertz CT molecular complexity index is 1060. The van der Waals surface area contributed by atoms with Crippen molar-refractivity contribution in [3.05, 3.63) is 61.5 Å². The number of esters is 1. The van der Waals surface area contributed by atoms with E-state index in [1.165, 1.54) is 24.0 Å². The van der Waals surface area contributed by atoms with E-state index >= 15 is 0 Å². The van der Waals surface area contributed by atoms with Crippen LogP contribution in [0.2, 0.25) is 0 Å². The summed E-state index contributed by atoms with van der Waals surface area (Å²) in [7, 11) is 1.32. The molecule has 0 aliphatic carbocycles. The van der Waals surface area contributed by atoms with Gasteiger partial charge < -0.3 is 9.72 Å². The molecule has 5 nitrogen and oxygen atoms in total. The molecule has 0 aliphatic rings. The summed E-state index contributed by atoms with van der Waals surface area (Å²) in [5.74, 6) is 0.00223. The molecule has 0 unspecified atom stereocenters. The van der Waals surface area contributed by atoms with Crippen LogP contribution in [0.15, 0.2) is 23.0 Å². The Kier molecular flexibility index (Phi) is 4.55. The third-order valence-electron chi connectivity index (χ3n) is 4.04. The third-order valence-corrected chi connectivity index (χ3v) is 5.20. The minimum Gasteiger partial charge on any atom is -0.465 e. The first-order valence-corrected chi connectivity index (χ1v) is 8.59. The van der Waals surface area contributed by atoms with Crippen LogP contribution < -0.4 is 5.56 Å². The highest BCUT2D eigenvalue weighted by atomic mass is 32.1. The average molecular weight is 354 g/mol. The maximum absolute atomic E-state index is 12.4. The van der Waals surface area contributed by atoms with Crippen LogP contribution in [0.25, 0.3) is 22.4 Å². The molecule has 128 valence electrons. The summed E-state index contributed by atoms with van der Waals surface area (Å²) in [6.45, 7) is 5.82. The molecule has 0 amide bonds. The largest absolute Gasteiger partial charge is 0.465 e. The van der Waals surface area contributed by atoms with Gasteiger partial charge in [-0.15, -0.1) is 11.3 Å². The summed E-state index contributed by atoms with van der Waals surface area (Å²) >= 11 is 1.17. The Morgan fingerprint density at radius 1 is 1.24 bits per heavy atom. The van der Waals surface area contributed by atoms with E-state index in [0.717, 1.165) is 11.1 Å². The van der Waals surface area contributed by atoms with E-state index in [0.29, 0.717) is 26.5 Å². The molecule has 0 spiro atoms. The molecule has 1 N–H and O–H groups in total. The van der Waals surface area contributed by atoms with Crippen LogP contribution in [0.3, 0.4) is 0 Å². The van der Waals surface area contributed by atoms with E-state index in [1.54, 1.807) is 13.0 Å². The molecule has 0 bridgehead atoms. The second-order valence-corrected chi connectivity index (χ2v) is 6.87. The van der Waals surface area contributed by atoms with Crippen molar-refractivity contribution in [3.63, 3.8) is 0 Å². The molecule has 2 heterocycles. The van der Waals surface area contributed by atoms with Gasteiger partial charge in [-0.3, -0.25) is 4.79 Å². The molecule has 0 saturated carbocycles. The van der Waals surface area contributed by atoms with Gasteiger partial charge >= 0.3 is 5.97 Å². The lowest BCUT2D eigenvalue weighted by atomic mass is 10.1. The SMILES string of the molecule is COC(=O)c1sc2nc(/C=C/c3ccc(C)cc3C)[nH]c(=O)c2c1C. The number of aromatic nitrogens is 2. The van der Waals surface area contributed by atoms with Crippen LogP contribution in [0.5, 0.6) is 0 Å². The number of aromatic amines is 1. The van der Waals surface area contributed by atoms with Gasteiger partial charge in [-0.25, -0.2) is 9.78 Å². The zero-order chi connectivity index (χ0) is 18.1. The molecular weight excluding hydrogens is 336 g/mol. The van der Waals surface area contributed by atoms with Crippen molar-refractivity contribution in [2.24, 2.45) is 0 Å². The molecule has 3 aromatic rings. The van der Waals surface area contributed by atoms with Crippen molar-refractivity contribution in [1.29, 1.82) is 0 Å². The topological polar surface area (TPSA) is 72.0 Å². The lowest BCUT2D eigenvalue weighted by Gasteiger charge is -2.01. The van der Waals surface area contributed by atoms with Crippen LogP contribution in [-0.2, 0) is 4.74 Å². The molecule has 0 fully saturated rings. The van der Waals surface area contributed by atoms with Gasteiger partial charge in [-0.05, 0) is 43.5 Å². The van der Waals surface area contributed by atoms with Crippen LogP contribution in [0.1, 0.15) is 37.7 Å². The number of rotatable bonds is 3. The van der Waals surface area contributed by atoms with Gasteiger partial charge in [0, 0.05) is 0 Å². The number of nitrogens with zero attached hydrogens (tertiary/aromatic N) is 1. The molecule has 2 aromatic heterocycles. The summed E-state index contributed by atoms with van der Waals surface area (Å²) in [6.07, 6.45) is 3.69. The number of H-pyrrole nitrogens is 1. The molecular formula is C19H18N2O3S. The predicted octanol–water partition coefficient (Wildman–Crippen LogP) is 3.87. The van der Waals surface area contributed by atoms with Gasteiger partial charge in [0.1, 0.15) is 15.5 Å². The number of nitrogens with one attached hydrogen (secondary N) is 1. The second kappa shape index (κ2) is 6.64. The summed E-state index contributed by atoms with van der Waals surface area (Å²) in [6, 6.07) is 6.17.